The summed E-state index contributed by atoms with van der Waals surface area (Å²) in [6, 6.07) is 31.8. The fourth-order valence-electron chi connectivity index (χ4n) is 4.20. The van der Waals surface area contributed by atoms with Crippen molar-refractivity contribution in [1.29, 1.82) is 0 Å². The summed E-state index contributed by atoms with van der Waals surface area (Å²) >= 11 is 0. The van der Waals surface area contributed by atoms with Gasteiger partial charge in [0.1, 0.15) is 5.75 Å². The summed E-state index contributed by atoms with van der Waals surface area (Å²) < 4.78 is 7.67. The van der Waals surface area contributed by atoms with Crippen molar-refractivity contribution < 1.29 is 24.0 Å². The Morgan fingerprint density at radius 2 is 1.24 bits per heavy atom. The Labute approximate surface area is 190 Å². The Balaban J connectivity index is 1.69. The lowest BCUT2D eigenvalue weighted by atomic mass is 10.0. The van der Waals surface area contributed by atoms with Crippen LogP contribution in [0.5, 0.6) is 5.75 Å². The molecule has 1 aromatic heterocycles. The molecule has 0 saturated heterocycles. The smallest absolute Gasteiger partial charge is 0.370 e. The topological polar surface area (TPSA) is 67.5 Å². The summed E-state index contributed by atoms with van der Waals surface area (Å²) in [6.45, 7) is -0.215. The Kier molecular flexibility index (Phi) is 5.29. The number of ether oxygens (including phenoxy) is 1. The molecule has 0 atom stereocenters. The molecule has 0 amide bonds. The number of carboxylic acids is 1. The average molecular weight is 434 g/mol. The predicted molar refractivity (Wildman–Crippen MR) is 126 cm³/mol. The van der Waals surface area contributed by atoms with Crippen LogP contribution in [0.4, 0.5) is 0 Å². The summed E-state index contributed by atoms with van der Waals surface area (Å²) in [4.78, 5) is 25.2. The minimum absolute atomic E-state index is 0.215. The molecule has 0 spiro atoms. The number of carbonyl (C=O) groups excluding carboxylic acids is 1. The third kappa shape index (κ3) is 3.81. The largest absolute Gasteiger partial charge is 0.477 e. The number of aromatic nitrogens is 1. The zero-order valence-corrected chi connectivity index (χ0v) is 17.6. The van der Waals surface area contributed by atoms with Crippen LogP contribution in [0.2, 0.25) is 0 Å². The van der Waals surface area contributed by atoms with Gasteiger partial charge < -0.3 is 9.84 Å². The van der Waals surface area contributed by atoms with Crippen molar-refractivity contribution in [3.8, 4) is 16.9 Å². The lowest BCUT2D eigenvalue weighted by Crippen LogP contribution is -2.40. The first-order valence-corrected chi connectivity index (χ1v) is 10.5. The van der Waals surface area contributed by atoms with E-state index in [9.17, 15) is 14.7 Å². The molecule has 5 rings (SSSR count). The highest BCUT2D eigenvalue weighted by atomic mass is 16.5. The molecule has 4 aromatic carbocycles. The van der Waals surface area contributed by atoms with Crippen molar-refractivity contribution in [2.45, 2.75) is 6.54 Å². The molecule has 0 saturated carbocycles. The van der Waals surface area contributed by atoms with Crippen molar-refractivity contribution in [3.05, 3.63) is 109 Å². The lowest BCUT2D eigenvalue weighted by molar-refractivity contribution is -0.633. The normalized spacial score (nSPS) is 10.9. The molecule has 5 nitrogen and oxygen atoms in total. The molecule has 33 heavy (non-hydrogen) atoms. The van der Waals surface area contributed by atoms with E-state index < -0.39 is 11.9 Å². The summed E-state index contributed by atoms with van der Waals surface area (Å²) in [5, 5.41) is 10.8. The summed E-state index contributed by atoms with van der Waals surface area (Å²) in [5.74, 6) is -0.986. The molecule has 5 heteroatoms. The van der Waals surface area contributed by atoms with Crippen LogP contribution in [-0.2, 0) is 11.3 Å². The first-order chi connectivity index (χ1) is 16.1. The van der Waals surface area contributed by atoms with Gasteiger partial charge in [-0.3, -0.25) is 0 Å². The minimum atomic E-state index is -0.956. The van der Waals surface area contributed by atoms with E-state index in [4.69, 9.17) is 4.74 Å². The van der Waals surface area contributed by atoms with Crippen LogP contribution in [-0.4, -0.2) is 17.0 Å². The number of carbonyl (C=O) groups is 2. The van der Waals surface area contributed by atoms with Crippen molar-refractivity contribution in [2.75, 3.05) is 0 Å². The van der Waals surface area contributed by atoms with E-state index in [-0.39, 0.29) is 6.54 Å². The van der Waals surface area contributed by atoms with Crippen LogP contribution in [0.15, 0.2) is 103 Å². The summed E-state index contributed by atoms with van der Waals surface area (Å²) in [7, 11) is 0. The number of aliphatic carboxylic acids is 1. The molecular weight excluding hydrogens is 414 g/mol. The van der Waals surface area contributed by atoms with Crippen molar-refractivity contribution in [1.82, 2.24) is 0 Å². The predicted octanol–water partition coefficient (Wildman–Crippen LogP) is 5.25. The molecule has 1 N–H and O–H groups in total. The molecule has 0 radical (unpaired) electrons. The van der Waals surface area contributed by atoms with Gasteiger partial charge in [0.05, 0.1) is 16.3 Å². The molecule has 1 heterocycles. The van der Waals surface area contributed by atoms with Crippen LogP contribution in [0.1, 0.15) is 10.4 Å². The number of esters is 1. The van der Waals surface area contributed by atoms with Crippen LogP contribution < -0.4 is 9.30 Å². The maximum atomic E-state index is 13.6. The second-order valence-corrected chi connectivity index (χ2v) is 7.64. The number of fused-ring (bicyclic) bond motifs is 2. The van der Waals surface area contributed by atoms with E-state index >= 15 is 0 Å². The van der Waals surface area contributed by atoms with Crippen LogP contribution in [0.25, 0.3) is 32.9 Å². The molecule has 0 aliphatic carbocycles. The molecule has 0 fully saturated rings. The van der Waals surface area contributed by atoms with Gasteiger partial charge in [-0.2, -0.15) is 4.57 Å². The van der Waals surface area contributed by atoms with Crippen molar-refractivity contribution in [3.63, 3.8) is 0 Å². The number of hydrogen-bond acceptors (Lipinski definition) is 3. The van der Waals surface area contributed by atoms with Gasteiger partial charge in [0, 0.05) is 17.7 Å². The fraction of sp³-hybridized carbons (Fsp3) is 0.0357. The zero-order valence-electron chi connectivity index (χ0n) is 17.6. The number of carboxylic acid groups (broad SMARTS) is 1. The van der Waals surface area contributed by atoms with Gasteiger partial charge in [-0.1, -0.05) is 72.8 Å². The van der Waals surface area contributed by atoms with E-state index in [1.807, 2.05) is 97.1 Å². The van der Waals surface area contributed by atoms with Gasteiger partial charge >= 0.3 is 11.9 Å². The number of rotatable bonds is 5. The Morgan fingerprint density at radius 3 is 1.88 bits per heavy atom. The highest BCUT2D eigenvalue weighted by molar-refractivity contribution is 6.13. The summed E-state index contributed by atoms with van der Waals surface area (Å²) in [6.07, 6.45) is 0. The molecule has 0 bridgehead atoms. The van der Waals surface area contributed by atoms with Crippen molar-refractivity contribution in [2.24, 2.45) is 0 Å². The first kappa shape index (κ1) is 20.4. The Morgan fingerprint density at radius 1 is 0.697 bits per heavy atom. The molecule has 160 valence electrons. The number of benzene rings is 4. The Hall–Kier alpha value is -4.51. The van der Waals surface area contributed by atoms with Gasteiger partial charge in [0.25, 0.3) is 0 Å². The minimum Gasteiger partial charge on any atom is -0.477 e. The van der Waals surface area contributed by atoms with Crippen molar-refractivity contribution >= 4 is 33.7 Å². The maximum absolute atomic E-state index is 13.6. The van der Waals surface area contributed by atoms with E-state index in [2.05, 4.69) is 0 Å². The van der Waals surface area contributed by atoms with Gasteiger partial charge in [-0.25, -0.2) is 9.59 Å². The van der Waals surface area contributed by atoms with E-state index in [0.717, 1.165) is 11.1 Å². The third-order valence-electron chi connectivity index (χ3n) is 5.60. The first-order valence-electron chi connectivity index (χ1n) is 10.5. The van der Waals surface area contributed by atoms with Gasteiger partial charge in [-0.15, -0.1) is 0 Å². The highest BCUT2D eigenvalue weighted by Gasteiger charge is 2.26. The number of hydrogen-bond donors (Lipinski definition) is 1. The second kappa shape index (κ2) is 8.55. The Bertz CT molecular complexity index is 1450. The van der Waals surface area contributed by atoms with E-state index in [1.54, 1.807) is 10.6 Å². The monoisotopic (exact) mass is 434 g/mol. The number of nitrogens with zero attached hydrogens (tertiary/aromatic N) is 1. The van der Waals surface area contributed by atoms with Gasteiger partial charge in [-0.05, 0) is 23.8 Å². The van der Waals surface area contributed by atoms with Crippen LogP contribution >= 0.6 is 0 Å². The van der Waals surface area contributed by atoms with Gasteiger partial charge in [0.2, 0.25) is 17.6 Å². The van der Waals surface area contributed by atoms with Gasteiger partial charge in [0.15, 0.2) is 0 Å². The summed E-state index contributed by atoms with van der Waals surface area (Å²) in [5.41, 5.74) is 3.48. The van der Waals surface area contributed by atoms with E-state index in [1.165, 1.54) is 0 Å². The lowest BCUT2D eigenvalue weighted by Gasteiger charge is -2.13. The van der Waals surface area contributed by atoms with Crippen LogP contribution in [0.3, 0.4) is 0 Å². The SMILES string of the molecule is O=C(O)C[n+]1c2ccccc2c(C(=O)Oc2ccccc2-c2ccccc2)c2ccccc21. The second-order valence-electron chi connectivity index (χ2n) is 7.64. The average Bonchev–Trinajstić information content (AvgIpc) is 2.84. The quantitative estimate of drug-likeness (QED) is 0.178. The van der Waals surface area contributed by atoms with Crippen LogP contribution in [0, 0.1) is 0 Å². The maximum Gasteiger partial charge on any atom is 0.370 e. The zero-order chi connectivity index (χ0) is 22.8. The fourth-order valence-corrected chi connectivity index (χ4v) is 4.20. The molecule has 5 aromatic rings. The van der Waals surface area contributed by atoms with E-state index in [0.29, 0.717) is 33.1 Å². The standard InChI is InChI=1S/C28H19NO4/c30-26(31)18-29-23-15-7-4-13-21(23)27(22-14-5-8-16-24(22)29)28(32)33-25-17-9-6-12-20(25)19-10-2-1-3-11-19/h1-17H,18H2/p+1. The molecule has 0 aliphatic heterocycles. The number of para-hydroxylation sites is 3. The number of pyridine rings is 1. The highest BCUT2D eigenvalue weighted by Crippen LogP contribution is 2.32. The molecule has 0 aliphatic rings. The molecular formula is C28H20NO4+. The third-order valence-corrected chi connectivity index (χ3v) is 5.60. The molecule has 0 unspecified atom stereocenters.